The van der Waals surface area contributed by atoms with Gasteiger partial charge in [0.2, 0.25) is 0 Å². The van der Waals surface area contributed by atoms with E-state index >= 15 is 0 Å². The Bertz CT molecular complexity index is 456. The zero-order chi connectivity index (χ0) is 12.1. The minimum atomic E-state index is 0.338. The number of rotatable bonds is 5. The van der Waals surface area contributed by atoms with Gasteiger partial charge >= 0.3 is 0 Å². The van der Waals surface area contributed by atoms with Gasteiger partial charge in [0.25, 0.3) is 0 Å². The number of pyridine rings is 1. The van der Waals surface area contributed by atoms with E-state index in [1.54, 1.807) is 18.7 Å². The summed E-state index contributed by atoms with van der Waals surface area (Å²) in [6.45, 7) is 2.86. The molecule has 0 saturated carbocycles. The second-order valence-electron chi connectivity index (χ2n) is 4.03. The summed E-state index contributed by atoms with van der Waals surface area (Å²) in [4.78, 5) is 3.96. The standard InChI is InChI=1S/C13H15ClN2O/c1-10(7-12-3-2-6-17-12)16-8-11-4-5-15-9-13(11)14/h2-6,9-10,16H,7-8H2,1H3. The van der Waals surface area contributed by atoms with Crippen LogP contribution in [0.2, 0.25) is 5.02 Å². The zero-order valence-corrected chi connectivity index (χ0v) is 10.4. The summed E-state index contributed by atoms with van der Waals surface area (Å²) >= 11 is 6.03. The molecular weight excluding hydrogens is 236 g/mol. The molecule has 0 bridgehead atoms. The highest BCUT2D eigenvalue weighted by atomic mass is 35.5. The second kappa shape index (κ2) is 5.84. The first-order chi connectivity index (χ1) is 8.25. The Hall–Kier alpha value is -1.32. The van der Waals surface area contributed by atoms with E-state index in [1.165, 1.54) is 0 Å². The molecule has 0 aliphatic heterocycles. The molecule has 0 aromatic carbocycles. The predicted molar refractivity (Wildman–Crippen MR) is 68.0 cm³/mol. The summed E-state index contributed by atoms with van der Waals surface area (Å²) in [6, 6.07) is 6.15. The zero-order valence-electron chi connectivity index (χ0n) is 9.69. The third-order valence-electron chi connectivity index (χ3n) is 2.58. The first-order valence-electron chi connectivity index (χ1n) is 5.60. The SMILES string of the molecule is CC(Cc1ccco1)NCc1ccncc1Cl. The lowest BCUT2D eigenvalue weighted by molar-refractivity contribution is 0.456. The van der Waals surface area contributed by atoms with Crippen molar-refractivity contribution in [2.45, 2.75) is 25.9 Å². The molecule has 3 nitrogen and oxygen atoms in total. The lowest BCUT2D eigenvalue weighted by atomic mass is 10.2. The second-order valence-corrected chi connectivity index (χ2v) is 4.44. The summed E-state index contributed by atoms with van der Waals surface area (Å²) in [5, 5.41) is 4.11. The highest BCUT2D eigenvalue weighted by molar-refractivity contribution is 6.31. The minimum absolute atomic E-state index is 0.338. The van der Waals surface area contributed by atoms with E-state index in [0.29, 0.717) is 11.1 Å². The quantitative estimate of drug-likeness (QED) is 0.886. The van der Waals surface area contributed by atoms with Crippen LogP contribution in [0.3, 0.4) is 0 Å². The molecule has 2 aromatic rings. The fourth-order valence-electron chi connectivity index (χ4n) is 1.63. The van der Waals surface area contributed by atoms with Gasteiger partial charge in [0.15, 0.2) is 0 Å². The molecule has 2 aromatic heterocycles. The fraction of sp³-hybridized carbons (Fsp3) is 0.308. The predicted octanol–water partition coefficient (Wildman–Crippen LogP) is 3.05. The van der Waals surface area contributed by atoms with Gasteiger partial charge in [-0.1, -0.05) is 11.6 Å². The number of nitrogens with one attached hydrogen (secondary N) is 1. The number of aromatic nitrogens is 1. The van der Waals surface area contributed by atoms with Crippen molar-refractivity contribution in [1.82, 2.24) is 10.3 Å². The van der Waals surface area contributed by atoms with Crippen molar-refractivity contribution >= 4 is 11.6 Å². The van der Waals surface area contributed by atoms with Crippen LogP contribution in [0.4, 0.5) is 0 Å². The molecule has 90 valence electrons. The number of halogens is 1. The normalized spacial score (nSPS) is 12.6. The van der Waals surface area contributed by atoms with Crippen molar-refractivity contribution < 1.29 is 4.42 Å². The highest BCUT2D eigenvalue weighted by Crippen LogP contribution is 2.13. The molecule has 0 spiro atoms. The van der Waals surface area contributed by atoms with E-state index in [1.807, 2.05) is 18.2 Å². The van der Waals surface area contributed by atoms with Crippen LogP contribution in [0.1, 0.15) is 18.2 Å². The monoisotopic (exact) mass is 250 g/mol. The van der Waals surface area contributed by atoms with Crippen LogP contribution in [0.5, 0.6) is 0 Å². The van der Waals surface area contributed by atoms with Gasteiger partial charge in [-0.3, -0.25) is 4.98 Å². The summed E-state index contributed by atoms with van der Waals surface area (Å²) in [6.07, 6.45) is 5.98. The van der Waals surface area contributed by atoms with Gasteiger partial charge in [0, 0.05) is 31.4 Å². The van der Waals surface area contributed by atoms with E-state index in [0.717, 1.165) is 24.3 Å². The molecule has 2 heterocycles. The van der Waals surface area contributed by atoms with Crippen molar-refractivity contribution in [2.75, 3.05) is 0 Å². The Labute approximate surface area is 106 Å². The van der Waals surface area contributed by atoms with Crippen molar-refractivity contribution in [2.24, 2.45) is 0 Å². The third-order valence-corrected chi connectivity index (χ3v) is 2.93. The summed E-state index contributed by atoms with van der Waals surface area (Å²) < 4.78 is 5.30. The molecule has 1 N–H and O–H groups in total. The van der Waals surface area contributed by atoms with Crippen LogP contribution in [0.25, 0.3) is 0 Å². The van der Waals surface area contributed by atoms with Gasteiger partial charge in [0.1, 0.15) is 5.76 Å². The van der Waals surface area contributed by atoms with Gasteiger partial charge in [-0.15, -0.1) is 0 Å². The minimum Gasteiger partial charge on any atom is -0.469 e. The lowest BCUT2D eigenvalue weighted by Gasteiger charge is -2.12. The van der Waals surface area contributed by atoms with Crippen LogP contribution in [-0.2, 0) is 13.0 Å². The molecule has 4 heteroatoms. The van der Waals surface area contributed by atoms with Crippen molar-refractivity contribution in [3.8, 4) is 0 Å². The molecule has 17 heavy (non-hydrogen) atoms. The molecule has 0 saturated heterocycles. The molecule has 0 amide bonds. The number of furan rings is 1. The first-order valence-corrected chi connectivity index (χ1v) is 5.97. The van der Waals surface area contributed by atoms with Gasteiger partial charge in [0.05, 0.1) is 11.3 Å². The Morgan fingerprint density at radius 1 is 1.47 bits per heavy atom. The summed E-state index contributed by atoms with van der Waals surface area (Å²) in [5.74, 6) is 0.992. The molecular formula is C13H15ClN2O. The molecule has 1 unspecified atom stereocenters. The third kappa shape index (κ3) is 3.58. The van der Waals surface area contributed by atoms with Crippen LogP contribution in [0.15, 0.2) is 41.3 Å². The first kappa shape index (κ1) is 12.1. The Morgan fingerprint density at radius 2 is 2.35 bits per heavy atom. The Balaban J connectivity index is 1.84. The Kier molecular flexibility index (Phi) is 4.18. The molecule has 2 rings (SSSR count). The fourth-order valence-corrected chi connectivity index (χ4v) is 1.82. The molecule has 0 fully saturated rings. The number of nitrogens with zero attached hydrogens (tertiary/aromatic N) is 1. The van der Waals surface area contributed by atoms with Crippen LogP contribution in [0, 0.1) is 0 Å². The van der Waals surface area contributed by atoms with Gasteiger partial charge in [-0.05, 0) is 30.7 Å². The number of hydrogen-bond acceptors (Lipinski definition) is 3. The van der Waals surface area contributed by atoms with Crippen LogP contribution >= 0.6 is 11.6 Å². The van der Waals surface area contributed by atoms with Gasteiger partial charge < -0.3 is 9.73 Å². The van der Waals surface area contributed by atoms with E-state index in [9.17, 15) is 0 Å². The average Bonchev–Trinajstić information content (AvgIpc) is 2.81. The maximum atomic E-state index is 6.03. The molecule has 0 radical (unpaired) electrons. The van der Waals surface area contributed by atoms with Gasteiger partial charge in [-0.25, -0.2) is 0 Å². The molecule has 0 aliphatic rings. The summed E-state index contributed by atoms with van der Waals surface area (Å²) in [5.41, 5.74) is 1.06. The van der Waals surface area contributed by atoms with E-state index < -0.39 is 0 Å². The average molecular weight is 251 g/mol. The van der Waals surface area contributed by atoms with E-state index in [-0.39, 0.29) is 0 Å². The largest absolute Gasteiger partial charge is 0.469 e. The summed E-state index contributed by atoms with van der Waals surface area (Å²) in [7, 11) is 0. The Morgan fingerprint density at radius 3 is 3.06 bits per heavy atom. The van der Waals surface area contributed by atoms with Crippen molar-refractivity contribution in [1.29, 1.82) is 0 Å². The van der Waals surface area contributed by atoms with Crippen LogP contribution < -0.4 is 5.32 Å². The topological polar surface area (TPSA) is 38.1 Å². The maximum Gasteiger partial charge on any atom is 0.105 e. The van der Waals surface area contributed by atoms with Crippen molar-refractivity contribution in [3.05, 3.63) is 53.2 Å². The van der Waals surface area contributed by atoms with E-state index in [2.05, 4.69) is 17.2 Å². The lowest BCUT2D eigenvalue weighted by Crippen LogP contribution is -2.27. The number of hydrogen-bond donors (Lipinski definition) is 1. The molecule has 0 aliphatic carbocycles. The smallest absolute Gasteiger partial charge is 0.105 e. The van der Waals surface area contributed by atoms with Crippen LogP contribution in [-0.4, -0.2) is 11.0 Å². The molecule has 1 atom stereocenters. The highest BCUT2D eigenvalue weighted by Gasteiger charge is 2.06. The van der Waals surface area contributed by atoms with Crippen molar-refractivity contribution in [3.63, 3.8) is 0 Å². The van der Waals surface area contributed by atoms with Gasteiger partial charge in [-0.2, -0.15) is 0 Å². The van der Waals surface area contributed by atoms with E-state index in [4.69, 9.17) is 16.0 Å². The maximum absolute atomic E-state index is 6.03.